The van der Waals surface area contributed by atoms with Crippen molar-refractivity contribution in [1.29, 1.82) is 0 Å². The van der Waals surface area contributed by atoms with Gasteiger partial charge in [0, 0.05) is 13.2 Å². The predicted molar refractivity (Wildman–Crippen MR) is 59.4 cm³/mol. The van der Waals surface area contributed by atoms with E-state index in [9.17, 15) is 0 Å². The topological polar surface area (TPSA) is 44.5 Å². The highest BCUT2D eigenvalue weighted by atomic mass is 16.5. The zero-order chi connectivity index (χ0) is 10.8. The van der Waals surface area contributed by atoms with Crippen LogP contribution in [0.25, 0.3) is 0 Å². The van der Waals surface area contributed by atoms with Gasteiger partial charge in [0.1, 0.15) is 0 Å². The summed E-state index contributed by atoms with van der Waals surface area (Å²) >= 11 is 0. The first-order chi connectivity index (χ1) is 6.76. The van der Waals surface area contributed by atoms with Gasteiger partial charge >= 0.3 is 0 Å². The Balaban J connectivity index is 3.69. The molecule has 0 saturated carbocycles. The molecule has 0 aliphatic heterocycles. The first-order valence-corrected chi connectivity index (χ1v) is 5.71. The van der Waals surface area contributed by atoms with Crippen LogP contribution in [0.15, 0.2) is 0 Å². The zero-order valence-electron chi connectivity index (χ0n) is 9.79. The summed E-state index contributed by atoms with van der Waals surface area (Å²) in [6, 6.07) is 0.0152. The van der Waals surface area contributed by atoms with Gasteiger partial charge in [0.25, 0.3) is 0 Å². The third-order valence-corrected chi connectivity index (χ3v) is 2.09. The Hall–Kier alpha value is -0.120. The number of hydrogen-bond donors (Lipinski definition) is 1. The molecule has 0 rings (SSSR count). The van der Waals surface area contributed by atoms with Crippen molar-refractivity contribution in [3.05, 3.63) is 0 Å². The Labute approximate surface area is 88.0 Å². The standard InChI is InChI=1S/C11H25NO2/c1-4-7-11(14-6-3)10(12)9-13-8-5-2/h10-11H,4-9,12H2,1-3H3. The molecule has 0 spiro atoms. The van der Waals surface area contributed by atoms with Crippen LogP contribution in [0.2, 0.25) is 0 Å². The van der Waals surface area contributed by atoms with Gasteiger partial charge in [0.05, 0.1) is 18.8 Å². The van der Waals surface area contributed by atoms with Crippen molar-refractivity contribution in [3.63, 3.8) is 0 Å². The molecule has 86 valence electrons. The van der Waals surface area contributed by atoms with Crippen LogP contribution in [-0.4, -0.2) is 32.0 Å². The van der Waals surface area contributed by atoms with Crippen molar-refractivity contribution in [2.24, 2.45) is 5.73 Å². The Bertz CT molecular complexity index is 114. The van der Waals surface area contributed by atoms with Crippen molar-refractivity contribution in [1.82, 2.24) is 0 Å². The van der Waals surface area contributed by atoms with E-state index < -0.39 is 0 Å². The minimum absolute atomic E-state index is 0.0152. The van der Waals surface area contributed by atoms with Crippen molar-refractivity contribution >= 4 is 0 Å². The van der Waals surface area contributed by atoms with Gasteiger partial charge in [0.2, 0.25) is 0 Å². The number of ether oxygens (including phenoxy) is 2. The van der Waals surface area contributed by atoms with Crippen molar-refractivity contribution in [2.45, 2.75) is 52.2 Å². The van der Waals surface area contributed by atoms with Gasteiger partial charge in [-0.2, -0.15) is 0 Å². The van der Waals surface area contributed by atoms with Crippen LogP contribution in [0.3, 0.4) is 0 Å². The second-order valence-electron chi connectivity index (χ2n) is 3.52. The van der Waals surface area contributed by atoms with Crippen LogP contribution >= 0.6 is 0 Å². The molecule has 0 aromatic rings. The molecule has 0 aliphatic carbocycles. The largest absolute Gasteiger partial charge is 0.380 e. The molecule has 0 radical (unpaired) electrons. The van der Waals surface area contributed by atoms with Crippen LogP contribution in [0.1, 0.15) is 40.0 Å². The smallest absolute Gasteiger partial charge is 0.0748 e. The van der Waals surface area contributed by atoms with Gasteiger partial charge in [0.15, 0.2) is 0 Å². The second-order valence-corrected chi connectivity index (χ2v) is 3.52. The highest BCUT2D eigenvalue weighted by molar-refractivity contribution is 4.72. The lowest BCUT2D eigenvalue weighted by Crippen LogP contribution is -2.40. The van der Waals surface area contributed by atoms with Crippen LogP contribution in [0, 0.1) is 0 Å². The molecule has 0 aromatic carbocycles. The minimum atomic E-state index is 0.0152. The normalized spacial score (nSPS) is 15.4. The predicted octanol–water partition coefficient (Wildman–Crippen LogP) is 1.95. The van der Waals surface area contributed by atoms with E-state index >= 15 is 0 Å². The van der Waals surface area contributed by atoms with Crippen molar-refractivity contribution in [2.75, 3.05) is 19.8 Å². The van der Waals surface area contributed by atoms with E-state index in [2.05, 4.69) is 13.8 Å². The van der Waals surface area contributed by atoms with Gasteiger partial charge in [-0.3, -0.25) is 0 Å². The van der Waals surface area contributed by atoms with E-state index in [1.807, 2.05) is 6.92 Å². The lowest BCUT2D eigenvalue weighted by Gasteiger charge is -2.23. The van der Waals surface area contributed by atoms with Gasteiger partial charge in [-0.25, -0.2) is 0 Å². The van der Waals surface area contributed by atoms with E-state index in [1.54, 1.807) is 0 Å². The van der Waals surface area contributed by atoms with Gasteiger partial charge in [-0.05, 0) is 19.8 Å². The summed E-state index contributed by atoms with van der Waals surface area (Å²) in [4.78, 5) is 0. The second kappa shape index (κ2) is 9.44. The fourth-order valence-corrected chi connectivity index (χ4v) is 1.39. The van der Waals surface area contributed by atoms with Crippen LogP contribution in [0.5, 0.6) is 0 Å². The average Bonchev–Trinajstić information content (AvgIpc) is 2.18. The van der Waals surface area contributed by atoms with Gasteiger partial charge < -0.3 is 15.2 Å². The van der Waals surface area contributed by atoms with E-state index in [0.29, 0.717) is 6.61 Å². The zero-order valence-corrected chi connectivity index (χ0v) is 9.79. The van der Waals surface area contributed by atoms with Crippen LogP contribution in [0.4, 0.5) is 0 Å². The summed E-state index contributed by atoms with van der Waals surface area (Å²) in [5, 5.41) is 0. The highest BCUT2D eigenvalue weighted by Crippen LogP contribution is 2.06. The summed E-state index contributed by atoms with van der Waals surface area (Å²) in [6.07, 6.45) is 3.32. The summed E-state index contributed by atoms with van der Waals surface area (Å²) in [5.74, 6) is 0. The van der Waals surface area contributed by atoms with Gasteiger partial charge in [-0.15, -0.1) is 0 Å². The average molecular weight is 203 g/mol. The SMILES string of the molecule is CCCOCC(N)C(CCC)OCC. The lowest BCUT2D eigenvalue weighted by molar-refractivity contribution is 0.00719. The molecule has 0 aromatic heterocycles. The first kappa shape index (κ1) is 13.9. The minimum Gasteiger partial charge on any atom is -0.380 e. The maximum atomic E-state index is 5.98. The Kier molecular flexibility index (Phi) is 9.35. The summed E-state index contributed by atoms with van der Waals surface area (Å²) < 4.78 is 11.0. The van der Waals surface area contributed by atoms with Gasteiger partial charge in [-0.1, -0.05) is 20.3 Å². The lowest BCUT2D eigenvalue weighted by atomic mass is 10.1. The molecule has 3 heteroatoms. The third-order valence-electron chi connectivity index (χ3n) is 2.09. The molecule has 3 nitrogen and oxygen atoms in total. The molecule has 0 amide bonds. The van der Waals surface area contributed by atoms with E-state index in [-0.39, 0.29) is 12.1 Å². The van der Waals surface area contributed by atoms with Crippen molar-refractivity contribution in [3.8, 4) is 0 Å². The molecule has 14 heavy (non-hydrogen) atoms. The maximum Gasteiger partial charge on any atom is 0.0748 e. The molecule has 0 bridgehead atoms. The fraction of sp³-hybridized carbons (Fsp3) is 1.00. The molecule has 0 saturated heterocycles. The number of nitrogens with two attached hydrogens (primary N) is 1. The van der Waals surface area contributed by atoms with Crippen molar-refractivity contribution < 1.29 is 9.47 Å². The van der Waals surface area contributed by atoms with E-state index in [0.717, 1.165) is 32.5 Å². The number of hydrogen-bond acceptors (Lipinski definition) is 3. The Morgan fingerprint density at radius 3 is 2.36 bits per heavy atom. The molecular formula is C11H25NO2. The summed E-state index contributed by atoms with van der Waals surface area (Å²) in [5.41, 5.74) is 5.98. The molecular weight excluding hydrogens is 178 g/mol. The van der Waals surface area contributed by atoms with Crippen LogP contribution in [-0.2, 0) is 9.47 Å². The molecule has 2 unspecified atom stereocenters. The van der Waals surface area contributed by atoms with E-state index in [1.165, 1.54) is 0 Å². The summed E-state index contributed by atoms with van der Waals surface area (Å²) in [7, 11) is 0. The quantitative estimate of drug-likeness (QED) is 0.582. The fourth-order valence-electron chi connectivity index (χ4n) is 1.39. The molecule has 2 atom stereocenters. The van der Waals surface area contributed by atoms with Crippen LogP contribution < -0.4 is 5.73 Å². The molecule has 0 heterocycles. The van der Waals surface area contributed by atoms with E-state index in [4.69, 9.17) is 15.2 Å². The highest BCUT2D eigenvalue weighted by Gasteiger charge is 2.16. The first-order valence-electron chi connectivity index (χ1n) is 5.71. The summed E-state index contributed by atoms with van der Waals surface area (Å²) in [6.45, 7) is 8.37. The number of rotatable bonds is 9. The molecule has 0 fully saturated rings. The molecule has 2 N–H and O–H groups in total. The maximum absolute atomic E-state index is 5.98. The monoisotopic (exact) mass is 203 g/mol. The Morgan fingerprint density at radius 2 is 1.86 bits per heavy atom. The Morgan fingerprint density at radius 1 is 1.14 bits per heavy atom. The molecule has 0 aliphatic rings. The third kappa shape index (κ3) is 6.35.